The van der Waals surface area contributed by atoms with E-state index in [1.54, 1.807) is 77.0 Å². The number of amides is 3. The summed E-state index contributed by atoms with van der Waals surface area (Å²) in [7, 11) is 0. The van der Waals surface area contributed by atoms with Crippen LogP contribution in [0.4, 0.5) is 21.0 Å². The van der Waals surface area contributed by atoms with Crippen molar-refractivity contribution in [1.82, 2.24) is 20.6 Å². The van der Waals surface area contributed by atoms with Crippen LogP contribution in [0.5, 0.6) is 0 Å². The lowest BCUT2D eigenvalue weighted by atomic mass is 10.0. The van der Waals surface area contributed by atoms with Gasteiger partial charge in [0, 0.05) is 60.0 Å². The van der Waals surface area contributed by atoms with Gasteiger partial charge in [-0.15, -0.1) is 0 Å². The van der Waals surface area contributed by atoms with Crippen LogP contribution in [0.3, 0.4) is 0 Å². The van der Waals surface area contributed by atoms with Crippen LogP contribution < -0.4 is 21.7 Å². The van der Waals surface area contributed by atoms with Gasteiger partial charge in [0.25, 0.3) is 0 Å². The van der Waals surface area contributed by atoms with Crippen molar-refractivity contribution >= 4 is 79.7 Å². The number of carbonyl (C=O) groups is 4. The molecule has 2 atom stereocenters. The molecular formula is C44H56N6O7S2. The Bertz CT molecular complexity index is 2230. The van der Waals surface area contributed by atoms with Crippen LogP contribution in [-0.4, -0.2) is 63.4 Å². The van der Waals surface area contributed by atoms with Crippen LogP contribution in [0.2, 0.25) is 0 Å². The molecule has 3 amide bonds. The number of carbonyl (C=O) groups excluding carboxylic acids is 3. The number of pyridine rings is 2. The molecule has 4 heterocycles. The van der Waals surface area contributed by atoms with Crippen molar-refractivity contribution in [3.63, 3.8) is 0 Å². The van der Waals surface area contributed by atoms with E-state index in [2.05, 4.69) is 25.9 Å². The highest BCUT2D eigenvalue weighted by atomic mass is 32.1. The summed E-state index contributed by atoms with van der Waals surface area (Å²) in [6.07, 6.45) is 5.94. The first kappa shape index (κ1) is 49.1. The molecule has 2 aromatic carbocycles. The third-order valence-electron chi connectivity index (χ3n) is 7.78. The number of anilines is 2. The van der Waals surface area contributed by atoms with Crippen LogP contribution in [0.1, 0.15) is 79.4 Å². The molecule has 0 fully saturated rings. The van der Waals surface area contributed by atoms with Crippen molar-refractivity contribution in [2.45, 2.75) is 79.4 Å². The number of alkyl carbamates (subject to hydrolysis) is 2. The second-order valence-corrected chi connectivity index (χ2v) is 16.3. The number of ether oxygens (including phenoxy) is 2. The standard InChI is InChI=1S/C21H23N3O3S.C12H17NO4S.C9H8N2.2CH4/c1-21(2,3)27-20(26)23-12-18(16-7-9-28-13-16)19(25)24-17-5-4-15-11-22-8-6-14(15)10-17;1-12(2,3)17-11(16)13-6-9(10(14)15)8-4-5-18-7-8;10-9-2-1-8-6-11-4-3-7(8)5-9;;/h4-11,13,18H,12H2,1-3H3,(H,23,26)(H,24,25);4-5,7,9H,6H2,1-3H3,(H,13,16)(H,14,15);1-6H,10H2;2*1H4. The van der Waals surface area contributed by atoms with Gasteiger partial charge in [-0.2, -0.15) is 22.7 Å². The van der Waals surface area contributed by atoms with Crippen molar-refractivity contribution in [3.05, 3.63) is 118 Å². The summed E-state index contributed by atoms with van der Waals surface area (Å²) in [6, 6.07) is 18.9. The number of rotatable bonds is 9. The molecule has 316 valence electrons. The highest BCUT2D eigenvalue weighted by Crippen LogP contribution is 2.24. The zero-order chi connectivity index (χ0) is 41.6. The van der Waals surface area contributed by atoms with Gasteiger partial charge in [-0.1, -0.05) is 27.0 Å². The number of nitrogens with zero attached hydrogens (tertiary/aromatic N) is 2. The van der Waals surface area contributed by atoms with Crippen LogP contribution in [0.15, 0.2) is 107 Å². The maximum atomic E-state index is 12.9. The fourth-order valence-electron chi connectivity index (χ4n) is 5.15. The lowest BCUT2D eigenvalue weighted by Gasteiger charge is -2.21. The van der Waals surface area contributed by atoms with Crippen molar-refractivity contribution in [1.29, 1.82) is 0 Å². The largest absolute Gasteiger partial charge is 0.481 e. The number of aromatic nitrogens is 2. The predicted octanol–water partition coefficient (Wildman–Crippen LogP) is 10.1. The summed E-state index contributed by atoms with van der Waals surface area (Å²) >= 11 is 2.93. The molecule has 15 heteroatoms. The van der Waals surface area contributed by atoms with Gasteiger partial charge in [0.05, 0.1) is 11.8 Å². The van der Waals surface area contributed by atoms with Crippen molar-refractivity contribution in [3.8, 4) is 0 Å². The summed E-state index contributed by atoms with van der Waals surface area (Å²) in [5, 5.41) is 28.9. The summed E-state index contributed by atoms with van der Waals surface area (Å²) < 4.78 is 10.3. The number of nitrogens with one attached hydrogen (secondary N) is 3. The molecule has 0 spiro atoms. The lowest BCUT2D eigenvalue weighted by Crippen LogP contribution is -2.37. The summed E-state index contributed by atoms with van der Waals surface area (Å²) in [5.74, 6) is -2.43. The van der Waals surface area contributed by atoms with Gasteiger partial charge >= 0.3 is 18.2 Å². The van der Waals surface area contributed by atoms with E-state index in [1.807, 2.05) is 71.6 Å². The minimum absolute atomic E-state index is 0. The van der Waals surface area contributed by atoms with Crippen molar-refractivity contribution in [2.24, 2.45) is 0 Å². The lowest BCUT2D eigenvalue weighted by molar-refractivity contribution is -0.138. The second kappa shape index (κ2) is 22.8. The van der Waals surface area contributed by atoms with E-state index in [0.29, 0.717) is 11.3 Å². The molecule has 6 aromatic rings. The normalized spacial score (nSPS) is 11.7. The molecule has 0 radical (unpaired) electrons. The molecule has 59 heavy (non-hydrogen) atoms. The third-order valence-corrected chi connectivity index (χ3v) is 9.18. The molecule has 6 N–H and O–H groups in total. The van der Waals surface area contributed by atoms with Gasteiger partial charge in [-0.05, 0) is 133 Å². The smallest absolute Gasteiger partial charge is 0.407 e. The number of aliphatic carboxylic acids is 1. The Morgan fingerprint density at radius 2 is 1.15 bits per heavy atom. The quantitative estimate of drug-likeness (QED) is 0.0874. The first-order valence-corrected chi connectivity index (χ1v) is 19.8. The Kier molecular flexibility index (Phi) is 18.9. The number of carboxylic acid groups (broad SMARTS) is 1. The number of benzene rings is 2. The maximum absolute atomic E-state index is 12.9. The maximum Gasteiger partial charge on any atom is 0.407 e. The molecule has 0 bridgehead atoms. The fourth-order valence-corrected chi connectivity index (χ4v) is 6.58. The third kappa shape index (κ3) is 16.8. The molecule has 6 rings (SSSR count). The Hall–Kier alpha value is -6.06. The molecule has 2 unspecified atom stereocenters. The van der Waals surface area contributed by atoms with Crippen molar-refractivity contribution in [2.75, 3.05) is 24.1 Å². The average Bonchev–Trinajstić information content (AvgIpc) is 3.87. The highest BCUT2D eigenvalue weighted by molar-refractivity contribution is 7.08. The summed E-state index contributed by atoms with van der Waals surface area (Å²) in [6.45, 7) is 10.8. The van der Waals surface area contributed by atoms with Crippen molar-refractivity contribution < 1.29 is 33.8 Å². The zero-order valence-electron chi connectivity index (χ0n) is 32.6. The van der Waals surface area contributed by atoms with E-state index in [9.17, 15) is 19.2 Å². The van der Waals surface area contributed by atoms with E-state index < -0.39 is 41.2 Å². The van der Waals surface area contributed by atoms with Gasteiger partial charge in [-0.3, -0.25) is 19.6 Å². The fraction of sp³-hybridized carbons (Fsp3) is 0.318. The number of nitrogen functional groups attached to an aromatic ring is 1. The first-order valence-electron chi connectivity index (χ1n) is 17.9. The SMILES string of the molecule is C.C.CC(C)(C)OC(=O)NCC(C(=O)Nc1ccc2cnccc2c1)c1ccsc1.CC(C)(C)OC(=O)NCC(C(=O)O)c1ccsc1.Nc1ccc2cnccc2c1. The first-order chi connectivity index (χ1) is 27.0. The molecule has 4 aromatic heterocycles. The zero-order valence-corrected chi connectivity index (χ0v) is 34.3. The number of carboxylic acids is 1. The highest BCUT2D eigenvalue weighted by Gasteiger charge is 2.25. The Morgan fingerprint density at radius 1 is 0.678 bits per heavy atom. The Morgan fingerprint density at radius 3 is 1.63 bits per heavy atom. The van der Waals surface area contributed by atoms with E-state index in [1.165, 1.54) is 22.7 Å². The number of nitrogens with two attached hydrogens (primary N) is 1. The summed E-state index contributed by atoms with van der Waals surface area (Å²) in [5.41, 5.74) is 7.44. The van der Waals surface area contributed by atoms with E-state index >= 15 is 0 Å². The van der Waals surface area contributed by atoms with Crippen LogP contribution in [0, 0.1) is 0 Å². The van der Waals surface area contributed by atoms with Gasteiger partial charge in [0.15, 0.2) is 0 Å². The minimum atomic E-state index is -0.968. The molecule has 0 aliphatic carbocycles. The van der Waals surface area contributed by atoms with Gasteiger partial charge in [0.1, 0.15) is 11.2 Å². The molecule has 0 aliphatic rings. The van der Waals surface area contributed by atoms with E-state index in [-0.39, 0.29) is 33.8 Å². The van der Waals surface area contributed by atoms with Crippen LogP contribution >= 0.6 is 22.7 Å². The van der Waals surface area contributed by atoms with Gasteiger partial charge < -0.3 is 36.3 Å². The Balaban J connectivity index is 0.000000331. The van der Waals surface area contributed by atoms with Crippen LogP contribution in [-0.2, 0) is 19.1 Å². The molecule has 0 saturated heterocycles. The Labute approximate surface area is 354 Å². The monoisotopic (exact) mass is 844 g/mol. The molecule has 13 nitrogen and oxygen atoms in total. The summed E-state index contributed by atoms with van der Waals surface area (Å²) in [4.78, 5) is 55.6. The second-order valence-electron chi connectivity index (χ2n) is 14.7. The van der Waals surface area contributed by atoms with E-state index in [0.717, 1.165) is 32.8 Å². The van der Waals surface area contributed by atoms with Gasteiger partial charge in [0.2, 0.25) is 5.91 Å². The number of thiophene rings is 2. The number of hydrogen-bond donors (Lipinski definition) is 5. The molecule has 0 aliphatic heterocycles. The van der Waals surface area contributed by atoms with Gasteiger partial charge in [-0.25, -0.2) is 9.59 Å². The number of fused-ring (bicyclic) bond motifs is 2. The molecular weight excluding hydrogens is 789 g/mol. The topological polar surface area (TPSA) is 195 Å². The number of hydrogen-bond acceptors (Lipinski definition) is 11. The minimum Gasteiger partial charge on any atom is -0.481 e. The van der Waals surface area contributed by atoms with E-state index in [4.69, 9.17) is 20.3 Å². The average molecular weight is 845 g/mol. The molecule has 0 saturated carbocycles. The van der Waals surface area contributed by atoms with Crippen LogP contribution in [0.25, 0.3) is 21.5 Å². The predicted molar refractivity (Wildman–Crippen MR) is 240 cm³/mol.